The van der Waals surface area contributed by atoms with Crippen LogP contribution in [-0.2, 0) is 16.3 Å². The summed E-state index contributed by atoms with van der Waals surface area (Å²) >= 11 is 0. The minimum absolute atomic E-state index is 0.0462. The highest BCUT2D eigenvalue weighted by Crippen LogP contribution is 2.17. The van der Waals surface area contributed by atoms with Crippen molar-refractivity contribution in [3.8, 4) is 5.75 Å². The van der Waals surface area contributed by atoms with Gasteiger partial charge in [0.15, 0.2) is 15.7 Å². The Morgan fingerprint density at radius 3 is 2.50 bits per heavy atom. The molecule has 0 atom stereocenters. The van der Waals surface area contributed by atoms with Crippen molar-refractivity contribution in [1.29, 1.82) is 0 Å². The predicted molar refractivity (Wildman–Crippen MR) is 103 cm³/mol. The number of sulfone groups is 1. The van der Waals surface area contributed by atoms with Gasteiger partial charge >= 0.3 is 11.8 Å². The third-order valence-electron chi connectivity index (χ3n) is 4.28. The van der Waals surface area contributed by atoms with E-state index in [1.165, 1.54) is 19.2 Å². The molecule has 0 radical (unpaired) electrons. The molecular formula is C18H26N4O5S. The number of aryl methyl sites for hydroxylation is 1. The summed E-state index contributed by atoms with van der Waals surface area (Å²) in [6.45, 7) is 7.09. The quantitative estimate of drug-likeness (QED) is 0.587. The van der Waals surface area contributed by atoms with Crippen LogP contribution in [0.1, 0.15) is 30.4 Å². The second-order valence-corrected chi connectivity index (χ2v) is 8.15. The standard InChI is InChI=1S/C18H26N4O5S/c1-4-22(5-2)12-11-19-17(23)18-20-16(21-27-18)10-13-28(24,25)15-8-6-14(26-3)7-9-15/h6-9H,4-5,10-13H2,1-3H3,(H,19,23). The molecular weight excluding hydrogens is 384 g/mol. The van der Waals surface area contributed by atoms with Gasteiger partial charge in [-0.2, -0.15) is 4.98 Å². The zero-order valence-electron chi connectivity index (χ0n) is 16.3. The number of nitrogens with one attached hydrogen (secondary N) is 1. The van der Waals surface area contributed by atoms with Gasteiger partial charge in [-0.15, -0.1) is 0 Å². The average Bonchev–Trinajstić information content (AvgIpc) is 3.19. The van der Waals surface area contributed by atoms with Crippen molar-refractivity contribution < 1.29 is 22.5 Å². The fourth-order valence-corrected chi connectivity index (χ4v) is 3.76. The van der Waals surface area contributed by atoms with Crippen LogP contribution in [0, 0.1) is 0 Å². The lowest BCUT2D eigenvalue weighted by molar-refractivity contribution is 0.0905. The number of likely N-dealkylation sites (N-methyl/N-ethyl adjacent to an activating group) is 1. The average molecular weight is 410 g/mol. The minimum Gasteiger partial charge on any atom is -0.497 e. The van der Waals surface area contributed by atoms with E-state index in [-0.39, 0.29) is 28.8 Å². The van der Waals surface area contributed by atoms with Crippen LogP contribution in [-0.4, -0.2) is 68.4 Å². The van der Waals surface area contributed by atoms with Crippen LogP contribution in [0.25, 0.3) is 0 Å². The Morgan fingerprint density at radius 1 is 1.21 bits per heavy atom. The van der Waals surface area contributed by atoms with Gasteiger partial charge in [0, 0.05) is 19.5 Å². The molecule has 1 heterocycles. The molecule has 1 aromatic carbocycles. The van der Waals surface area contributed by atoms with Crippen molar-refractivity contribution in [3.05, 3.63) is 36.0 Å². The van der Waals surface area contributed by atoms with Gasteiger partial charge in [-0.05, 0) is 37.4 Å². The first-order valence-electron chi connectivity index (χ1n) is 9.09. The van der Waals surface area contributed by atoms with Gasteiger partial charge in [-0.25, -0.2) is 8.42 Å². The Hall–Kier alpha value is -2.46. The number of ether oxygens (including phenoxy) is 1. The molecule has 2 rings (SSSR count). The topological polar surface area (TPSA) is 115 Å². The first-order valence-corrected chi connectivity index (χ1v) is 10.7. The van der Waals surface area contributed by atoms with E-state index in [9.17, 15) is 13.2 Å². The molecule has 28 heavy (non-hydrogen) atoms. The third-order valence-corrected chi connectivity index (χ3v) is 6.02. The van der Waals surface area contributed by atoms with Crippen LogP contribution in [0.2, 0.25) is 0 Å². The third kappa shape index (κ3) is 6.03. The molecule has 2 aromatic rings. The number of hydrogen-bond acceptors (Lipinski definition) is 8. The van der Waals surface area contributed by atoms with Crippen LogP contribution in [0.4, 0.5) is 0 Å². The van der Waals surface area contributed by atoms with Crippen molar-refractivity contribution in [3.63, 3.8) is 0 Å². The largest absolute Gasteiger partial charge is 0.497 e. The van der Waals surface area contributed by atoms with Crippen molar-refractivity contribution in [1.82, 2.24) is 20.4 Å². The lowest BCUT2D eigenvalue weighted by Crippen LogP contribution is -2.34. The van der Waals surface area contributed by atoms with E-state index < -0.39 is 15.7 Å². The van der Waals surface area contributed by atoms with E-state index in [2.05, 4.69) is 34.2 Å². The molecule has 0 saturated heterocycles. The number of benzene rings is 1. The van der Waals surface area contributed by atoms with Crippen LogP contribution in [0.5, 0.6) is 5.75 Å². The molecule has 9 nitrogen and oxygen atoms in total. The fraction of sp³-hybridized carbons (Fsp3) is 0.500. The van der Waals surface area contributed by atoms with Crippen molar-refractivity contribution in [2.75, 3.05) is 39.0 Å². The number of rotatable bonds is 11. The molecule has 1 aromatic heterocycles. The summed E-state index contributed by atoms with van der Waals surface area (Å²) in [7, 11) is -2.00. The minimum atomic E-state index is -3.51. The monoisotopic (exact) mass is 410 g/mol. The molecule has 0 unspecified atom stereocenters. The van der Waals surface area contributed by atoms with E-state index in [1.54, 1.807) is 12.1 Å². The Morgan fingerprint density at radius 2 is 1.89 bits per heavy atom. The maximum absolute atomic E-state index is 12.4. The molecule has 0 saturated carbocycles. The number of nitrogens with zero attached hydrogens (tertiary/aromatic N) is 3. The van der Waals surface area contributed by atoms with E-state index in [1.807, 2.05) is 0 Å². The molecule has 0 aliphatic carbocycles. The Bertz CT molecular complexity index is 860. The molecule has 0 bridgehead atoms. The van der Waals surface area contributed by atoms with Crippen LogP contribution < -0.4 is 10.1 Å². The summed E-state index contributed by atoms with van der Waals surface area (Å²) in [6, 6.07) is 6.14. The number of methoxy groups -OCH3 is 1. The number of carbonyl (C=O) groups excluding carboxylic acids is 1. The molecule has 0 fully saturated rings. The van der Waals surface area contributed by atoms with Gasteiger partial charge < -0.3 is 19.5 Å². The normalized spacial score (nSPS) is 11.6. The van der Waals surface area contributed by atoms with Gasteiger partial charge in [-0.1, -0.05) is 19.0 Å². The second kappa shape index (κ2) is 10.2. The van der Waals surface area contributed by atoms with E-state index in [0.29, 0.717) is 12.3 Å². The summed E-state index contributed by atoms with van der Waals surface area (Å²) in [5, 5.41) is 6.41. The Labute approximate surface area is 165 Å². The summed E-state index contributed by atoms with van der Waals surface area (Å²) in [5.74, 6) is -0.0814. The van der Waals surface area contributed by atoms with Gasteiger partial charge in [0.05, 0.1) is 17.8 Å². The summed E-state index contributed by atoms with van der Waals surface area (Å²) in [4.78, 5) is 18.4. The lowest BCUT2D eigenvalue weighted by atomic mass is 10.3. The first-order chi connectivity index (χ1) is 13.4. The Kier molecular flexibility index (Phi) is 7.94. The molecule has 0 aliphatic rings. The zero-order valence-corrected chi connectivity index (χ0v) is 17.2. The van der Waals surface area contributed by atoms with Gasteiger partial charge in [-0.3, -0.25) is 4.79 Å². The predicted octanol–water partition coefficient (Wildman–Crippen LogP) is 1.17. The highest BCUT2D eigenvalue weighted by molar-refractivity contribution is 7.91. The lowest BCUT2D eigenvalue weighted by Gasteiger charge is -2.17. The molecule has 0 spiro atoms. The Balaban J connectivity index is 1.88. The number of hydrogen-bond donors (Lipinski definition) is 1. The molecule has 10 heteroatoms. The van der Waals surface area contributed by atoms with Crippen molar-refractivity contribution in [2.24, 2.45) is 0 Å². The number of amides is 1. The number of aromatic nitrogens is 2. The van der Waals surface area contributed by atoms with Crippen molar-refractivity contribution >= 4 is 15.7 Å². The SMILES string of the molecule is CCN(CC)CCNC(=O)c1nc(CCS(=O)(=O)c2ccc(OC)cc2)no1. The summed E-state index contributed by atoms with van der Waals surface area (Å²) < 4.78 is 34.8. The number of carbonyl (C=O) groups is 1. The van der Waals surface area contributed by atoms with Gasteiger partial charge in [0.25, 0.3) is 0 Å². The van der Waals surface area contributed by atoms with E-state index in [0.717, 1.165) is 19.6 Å². The van der Waals surface area contributed by atoms with Crippen LogP contribution in [0.15, 0.2) is 33.7 Å². The molecule has 1 N–H and O–H groups in total. The van der Waals surface area contributed by atoms with E-state index >= 15 is 0 Å². The van der Waals surface area contributed by atoms with Crippen LogP contribution >= 0.6 is 0 Å². The highest BCUT2D eigenvalue weighted by atomic mass is 32.2. The molecule has 1 amide bonds. The summed E-state index contributed by atoms with van der Waals surface area (Å²) in [6.07, 6.45) is 0.0462. The van der Waals surface area contributed by atoms with Crippen LogP contribution in [0.3, 0.4) is 0 Å². The maximum atomic E-state index is 12.4. The van der Waals surface area contributed by atoms with Gasteiger partial charge in [0.2, 0.25) is 0 Å². The first kappa shape index (κ1) is 21.8. The maximum Gasteiger partial charge on any atom is 0.315 e. The fourth-order valence-electron chi connectivity index (χ4n) is 2.52. The van der Waals surface area contributed by atoms with Gasteiger partial charge in [0.1, 0.15) is 5.75 Å². The highest BCUT2D eigenvalue weighted by Gasteiger charge is 2.19. The zero-order chi connectivity index (χ0) is 20.6. The van der Waals surface area contributed by atoms with Crippen molar-refractivity contribution in [2.45, 2.75) is 25.2 Å². The molecule has 0 aliphatic heterocycles. The molecule has 154 valence electrons. The second-order valence-electron chi connectivity index (χ2n) is 6.04. The smallest absolute Gasteiger partial charge is 0.315 e. The van der Waals surface area contributed by atoms with E-state index in [4.69, 9.17) is 9.26 Å². The summed E-state index contributed by atoms with van der Waals surface area (Å²) in [5.41, 5.74) is 0.